The van der Waals surface area contributed by atoms with E-state index in [0.29, 0.717) is 34.7 Å². The summed E-state index contributed by atoms with van der Waals surface area (Å²) in [6.07, 6.45) is 14.7. The Morgan fingerprint density at radius 1 is 1.02 bits per heavy atom. The van der Waals surface area contributed by atoms with Crippen molar-refractivity contribution in [1.82, 2.24) is 25.5 Å². The lowest BCUT2D eigenvalue weighted by Gasteiger charge is -2.22. The number of hydrogen-bond acceptors (Lipinski definition) is 8. The van der Waals surface area contributed by atoms with Gasteiger partial charge < -0.3 is 31.4 Å². The lowest BCUT2D eigenvalue weighted by molar-refractivity contribution is -0.131. The number of carbonyl (C=O) groups excluding carboxylic acids is 4. The monoisotopic (exact) mass is 712 g/mol. The van der Waals surface area contributed by atoms with Crippen LogP contribution in [0.5, 0.6) is 0 Å². The van der Waals surface area contributed by atoms with Crippen molar-refractivity contribution in [1.29, 1.82) is 0 Å². The van der Waals surface area contributed by atoms with Crippen LogP contribution in [0.2, 0.25) is 0 Å². The summed E-state index contributed by atoms with van der Waals surface area (Å²) < 4.78 is 1.45. The van der Waals surface area contributed by atoms with Crippen molar-refractivity contribution < 1.29 is 29.1 Å². The molecule has 1 fully saturated rings. The van der Waals surface area contributed by atoms with Gasteiger partial charge in [-0.05, 0) is 44.6 Å². The molecule has 1 aliphatic heterocycles. The summed E-state index contributed by atoms with van der Waals surface area (Å²) in [7, 11) is 0. The number of thiazole rings is 1. The number of unbranched alkanes of at least 4 members (excludes halogenated alkanes) is 10. The molecule has 2 aromatic heterocycles. The first-order valence-electron chi connectivity index (χ1n) is 18.1. The van der Waals surface area contributed by atoms with E-state index < -0.39 is 35.4 Å². The molecule has 13 nitrogen and oxygen atoms in total. The Hall–Kier alpha value is -4.07. The number of primary amides is 1. The molecule has 0 saturated heterocycles. The third-order valence-electron chi connectivity index (χ3n) is 9.59. The van der Waals surface area contributed by atoms with E-state index in [-0.39, 0.29) is 48.9 Å². The third-order valence-corrected chi connectivity index (χ3v) is 10.4. The summed E-state index contributed by atoms with van der Waals surface area (Å²) in [4.78, 5) is 79.8. The zero-order valence-corrected chi connectivity index (χ0v) is 30.1. The average molecular weight is 713 g/mol. The third kappa shape index (κ3) is 10.7. The van der Waals surface area contributed by atoms with Gasteiger partial charge in [-0.25, -0.2) is 9.78 Å². The quantitative estimate of drug-likeness (QED) is 0.105. The van der Waals surface area contributed by atoms with Gasteiger partial charge in [-0.2, -0.15) is 0 Å². The maximum absolute atomic E-state index is 13.4. The summed E-state index contributed by atoms with van der Waals surface area (Å²) in [6.45, 7) is 3.97. The second-order valence-corrected chi connectivity index (χ2v) is 14.7. The van der Waals surface area contributed by atoms with E-state index in [0.717, 1.165) is 43.4 Å². The van der Waals surface area contributed by atoms with Crippen LogP contribution < -0.4 is 27.2 Å². The van der Waals surface area contributed by atoms with Gasteiger partial charge in [0.05, 0.1) is 24.1 Å². The number of carbonyl (C=O) groups is 5. The van der Waals surface area contributed by atoms with Crippen LogP contribution in [0.25, 0.3) is 0 Å². The maximum atomic E-state index is 13.4. The maximum Gasteiger partial charge on any atom is 0.355 e. The fourth-order valence-electron chi connectivity index (χ4n) is 6.64. The standard InChI is InChI=1S/C36H52N6O7S/c1-3-4-5-6-7-8-9-10-11-12-13-14-29(44)39-25(20-28(37)43)33(46)38-23(2)15-16-27-32-24(36(17-18-36)41-34(32)47)19-31(45)42(27)21-30-40-26(22-50-30)35(48)49/h19,22-23,25H,3-18,20-21H2,1-2H3,(H2,37,43)(H,38,46)(H,39,44)(H,41,47)(H,48,49). The number of nitrogens with zero attached hydrogens (tertiary/aromatic N) is 2. The van der Waals surface area contributed by atoms with Crippen LogP contribution in [-0.4, -0.2) is 56.3 Å². The molecule has 14 heteroatoms. The molecule has 3 heterocycles. The van der Waals surface area contributed by atoms with Gasteiger partial charge in [0.1, 0.15) is 11.0 Å². The highest BCUT2D eigenvalue weighted by atomic mass is 32.1. The molecular formula is C36H52N6O7S. The predicted molar refractivity (Wildman–Crippen MR) is 190 cm³/mol. The molecule has 4 amide bonds. The topological polar surface area (TPSA) is 203 Å². The number of rotatable bonds is 23. The second-order valence-electron chi connectivity index (χ2n) is 13.8. The Labute approximate surface area is 297 Å². The Kier molecular flexibility index (Phi) is 14.1. The molecule has 2 atom stereocenters. The number of nitrogens with one attached hydrogen (secondary N) is 3. The van der Waals surface area contributed by atoms with Gasteiger partial charge in [0, 0.05) is 29.6 Å². The Bertz CT molecular complexity index is 1600. The van der Waals surface area contributed by atoms with Gasteiger partial charge in [-0.1, -0.05) is 71.1 Å². The van der Waals surface area contributed by atoms with Gasteiger partial charge in [0.15, 0.2) is 5.69 Å². The summed E-state index contributed by atoms with van der Waals surface area (Å²) in [5, 5.41) is 19.7. The summed E-state index contributed by atoms with van der Waals surface area (Å²) in [5.74, 6) is -3.02. The second kappa shape index (κ2) is 18.2. The van der Waals surface area contributed by atoms with Crippen LogP contribution in [0.4, 0.5) is 0 Å². The van der Waals surface area contributed by atoms with Gasteiger partial charge in [-0.3, -0.25) is 24.0 Å². The zero-order chi connectivity index (χ0) is 36.3. The van der Waals surface area contributed by atoms with Gasteiger partial charge >= 0.3 is 5.97 Å². The zero-order valence-electron chi connectivity index (χ0n) is 29.3. The molecule has 6 N–H and O–H groups in total. The molecule has 1 saturated carbocycles. The van der Waals surface area contributed by atoms with E-state index in [1.54, 1.807) is 6.92 Å². The van der Waals surface area contributed by atoms with Gasteiger partial charge in [0.2, 0.25) is 17.7 Å². The van der Waals surface area contributed by atoms with E-state index in [1.807, 2.05) is 0 Å². The van der Waals surface area contributed by atoms with Crippen molar-refractivity contribution in [2.45, 2.75) is 147 Å². The number of amides is 4. The molecule has 0 radical (unpaired) electrons. The highest BCUT2D eigenvalue weighted by molar-refractivity contribution is 7.09. The van der Waals surface area contributed by atoms with Gasteiger partial charge in [0.25, 0.3) is 11.5 Å². The minimum absolute atomic E-state index is 0.00768. The number of fused-ring (bicyclic) bond motifs is 2. The van der Waals surface area contributed by atoms with E-state index in [9.17, 15) is 33.9 Å². The molecule has 2 aromatic rings. The first-order chi connectivity index (χ1) is 23.9. The molecule has 0 bridgehead atoms. The van der Waals surface area contributed by atoms with Crippen molar-refractivity contribution in [3.63, 3.8) is 0 Å². The van der Waals surface area contributed by atoms with Crippen molar-refractivity contribution >= 4 is 40.9 Å². The molecular weight excluding hydrogens is 660 g/mol. The minimum atomic E-state index is -1.17. The lowest BCUT2D eigenvalue weighted by atomic mass is 9.98. The summed E-state index contributed by atoms with van der Waals surface area (Å²) in [5.41, 5.74) is 6.02. The number of carboxylic acid groups (broad SMARTS) is 1. The lowest BCUT2D eigenvalue weighted by Crippen LogP contribution is -2.50. The largest absolute Gasteiger partial charge is 0.476 e. The molecule has 1 spiro atoms. The molecule has 274 valence electrons. The van der Waals surface area contributed by atoms with Crippen LogP contribution in [0.1, 0.15) is 154 Å². The minimum Gasteiger partial charge on any atom is -0.476 e. The number of aromatic nitrogens is 2. The first-order valence-corrected chi connectivity index (χ1v) is 19.0. The van der Waals surface area contributed by atoms with Crippen LogP contribution in [-0.2, 0) is 32.9 Å². The smallest absolute Gasteiger partial charge is 0.355 e. The number of pyridine rings is 1. The normalized spacial score (nSPS) is 15.3. The number of carboxylic acids is 1. The van der Waals surface area contributed by atoms with E-state index in [4.69, 9.17) is 5.73 Å². The van der Waals surface area contributed by atoms with E-state index in [1.165, 1.54) is 61.0 Å². The average Bonchev–Trinajstić information content (AvgIpc) is 3.58. The Morgan fingerprint density at radius 3 is 2.24 bits per heavy atom. The van der Waals surface area contributed by atoms with Crippen LogP contribution in [0.3, 0.4) is 0 Å². The van der Waals surface area contributed by atoms with Crippen molar-refractivity contribution in [2.24, 2.45) is 5.73 Å². The Balaban J connectivity index is 1.32. The SMILES string of the molecule is CCCCCCCCCCCCCC(=O)NC(CC(N)=O)C(=O)NC(C)CCc1c2c(cc(=O)n1Cc1nc(C(=O)O)cs1)C1(CC1)NC2=O. The fourth-order valence-corrected chi connectivity index (χ4v) is 7.40. The fraction of sp³-hybridized carbons (Fsp3) is 0.639. The predicted octanol–water partition coefficient (Wildman–Crippen LogP) is 4.28. The van der Waals surface area contributed by atoms with Gasteiger partial charge in [-0.15, -0.1) is 11.3 Å². The highest BCUT2D eigenvalue weighted by Gasteiger charge is 2.53. The number of hydrogen-bond donors (Lipinski definition) is 5. The summed E-state index contributed by atoms with van der Waals surface area (Å²) >= 11 is 1.11. The Morgan fingerprint density at radius 2 is 1.66 bits per heavy atom. The van der Waals surface area contributed by atoms with E-state index >= 15 is 0 Å². The molecule has 0 aromatic carbocycles. The molecule has 1 aliphatic carbocycles. The van der Waals surface area contributed by atoms with Crippen LogP contribution >= 0.6 is 11.3 Å². The summed E-state index contributed by atoms with van der Waals surface area (Å²) in [6, 6.07) is -0.101. The van der Waals surface area contributed by atoms with Crippen molar-refractivity contribution in [3.8, 4) is 0 Å². The van der Waals surface area contributed by atoms with Crippen LogP contribution in [0.15, 0.2) is 16.2 Å². The molecule has 4 rings (SSSR count). The number of aromatic carboxylic acids is 1. The van der Waals surface area contributed by atoms with Crippen molar-refractivity contribution in [2.75, 3.05) is 0 Å². The van der Waals surface area contributed by atoms with E-state index in [2.05, 4.69) is 27.9 Å². The molecule has 2 aliphatic rings. The first kappa shape index (κ1) is 38.7. The number of nitrogens with two attached hydrogens (primary N) is 1. The molecule has 50 heavy (non-hydrogen) atoms. The molecule has 2 unspecified atom stereocenters. The van der Waals surface area contributed by atoms with Crippen LogP contribution in [0, 0.1) is 0 Å². The van der Waals surface area contributed by atoms with Crippen molar-refractivity contribution in [3.05, 3.63) is 49.3 Å². The highest BCUT2D eigenvalue weighted by Crippen LogP contribution is 2.50.